The van der Waals surface area contributed by atoms with Gasteiger partial charge >= 0.3 is 0 Å². The van der Waals surface area contributed by atoms with Crippen LogP contribution in [-0.4, -0.2) is 53.0 Å². The minimum atomic E-state index is -0.762. The predicted octanol–water partition coefficient (Wildman–Crippen LogP) is 3.21. The molecule has 1 aliphatic heterocycles. The second kappa shape index (κ2) is 8.64. The van der Waals surface area contributed by atoms with Crippen molar-refractivity contribution in [2.75, 3.05) is 31.6 Å². The second-order valence-corrected chi connectivity index (χ2v) is 7.27. The number of rotatable bonds is 4. The topological polar surface area (TPSA) is 84.4 Å². The number of hydrogen-bond donors (Lipinski definition) is 1. The van der Waals surface area contributed by atoms with E-state index >= 15 is 0 Å². The van der Waals surface area contributed by atoms with Crippen LogP contribution in [0.1, 0.15) is 20.8 Å². The van der Waals surface area contributed by atoms with E-state index in [0.717, 1.165) is 23.5 Å². The van der Waals surface area contributed by atoms with Crippen LogP contribution in [0.25, 0.3) is 10.6 Å². The Morgan fingerprint density at radius 2 is 1.87 bits per heavy atom. The van der Waals surface area contributed by atoms with Crippen LogP contribution >= 0.6 is 11.3 Å². The predicted molar refractivity (Wildman–Crippen MR) is 106 cm³/mol. The van der Waals surface area contributed by atoms with Crippen molar-refractivity contribution in [3.8, 4) is 10.6 Å². The third kappa shape index (κ3) is 4.05. The molecule has 0 saturated carbocycles. The summed E-state index contributed by atoms with van der Waals surface area (Å²) in [6, 6.07) is 5.02. The number of pyridine rings is 1. The zero-order chi connectivity index (χ0) is 21.1. The molecule has 0 atom stereocenters. The van der Waals surface area contributed by atoms with E-state index in [4.69, 9.17) is 4.74 Å². The number of aromatic nitrogens is 2. The van der Waals surface area contributed by atoms with Crippen molar-refractivity contribution in [2.24, 2.45) is 0 Å². The summed E-state index contributed by atoms with van der Waals surface area (Å²) in [6.07, 6.45) is 2.83. The number of nitrogens with zero attached hydrogens (tertiary/aromatic N) is 3. The van der Waals surface area contributed by atoms with Crippen molar-refractivity contribution in [1.82, 2.24) is 14.9 Å². The molecule has 154 valence electrons. The average Bonchev–Trinajstić information content (AvgIpc) is 3.24. The number of hydrogen-bond acceptors (Lipinski definition) is 6. The fourth-order valence-electron chi connectivity index (χ4n) is 3.00. The third-order valence-electron chi connectivity index (χ3n) is 4.51. The van der Waals surface area contributed by atoms with Crippen molar-refractivity contribution >= 4 is 28.8 Å². The van der Waals surface area contributed by atoms with Crippen LogP contribution in [0, 0.1) is 11.6 Å². The van der Waals surface area contributed by atoms with E-state index in [2.05, 4.69) is 15.3 Å². The number of amides is 2. The van der Waals surface area contributed by atoms with Gasteiger partial charge in [0.05, 0.1) is 36.2 Å². The van der Waals surface area contributed by atoms with Gasteiger partial charge in [-0.1, -0.05) is 6.07 Å². The molecule has 10 heteroatoms. The number of carbonyl (C=O) groups excluding carboxylic acids is 2. The first-order chi connectivity index (χ1) is 14.5. The van der Waals surface area contributed by atoms with E-state index in [9.17, 15) is 18.4 Å². The third-order valence-corrected chi connectivity index (χ3v) is 5.37. The standard InChI is InChI=1S/C20H16F2N4O3S/c21-13-2-1-3-14(22)17(13)19-25-16(11-30-19)18(27)24-15-10-23-5-4-12(15)20(28)26-6-8-29-9-7-26/h1-5,10-11H,6-9H2,(H,24,27). The average molecular weight is 430 g/mol. The van der Waals surface area contributed by atoms with Crippen LogP contribution in [0.3, 0.4) is 0 Å². The summed E-state index contributed by atoms with van der Waals surface area (Å²) in [5.41, 5.74) is 0.207. The van der Waals surface area contributed by atoms with Gasteiger partial charge in [-0.25, -0.2) is 13.8 Å². The van der Waals surface area contributed by atoms with Crippen LogP contribution in [0.15, 0.2) is 42.0 Å². The van der Waals surface area contributed by atoms with Crippen molar-refractivity contribution in [3.63, 3.8) is 0 Å². The number of halogens is 2. The smallest absolute Gasteiger partial charge is 0.275 e. The maximum atomic E-state index is 14.0. The molecule has 0 spiro atoms. The first kappa shape index (κ1) is 20.0. The molecule has 7 nitrogen and oxygen atoms in total. The number of thiazole rings is 1. The summed E-state index contributed by atoms with van der Waals surface area (Å²) in [5.74, 6) is -2.38. The highest BCUT2D eigenvalue weighted by molar-refractivity contribution is 7.13. The number of benzene rings is 1. The zero-order valence-corrected chi connectivity index (χ0v) is 16.4. The molecular formula is C20H16F2N4O3S. The highest BCUT2D eigenvalue weighted by Crippen LogP contribution is 2.29. The lowest BCUT2D eigenvalue weighted by Crippen LogP contribution is -2.41. The Balaban J connectivity index is 1.55. The molecule has 4 rings (SSSR count). The normalized spacial score (nSPS) is 13.9. The number of ether oxygens (including phenoxy) is 1. The minimum Gasteiger partial charge on any atom is -0.378 e. The van der Waals surface area contributed by atoms with Gasteiger partial charge in [0.25, 0.3) is 11.8 Å². The summed E-state index contributed by atoms with van der Waals surface area (Å²) >= 11 is 0.946. The number of nitrogens with one attached hydrogen (secondary N) is 1. The van der Waals surface area contributed by atoms with Gasteiger partial charge in [0.1, 0.15) is 22.3 Å². The van der Waals surface area contributed by atoms with Crippen LogP contribution in [-0.2, 0) is 4.74 Å². The molecule has 1 saturated heterocycles. The number of morpholine rings is 1. The van der Waals surface area contributed by atoms with Crippen molar-refractivity contribution in [1.29, 1.82) is 0 Å². The molecule has 1 aliphatic rings. The molecule has 0 bridgehead atoms. The number of carbonyl (C=O) groups is 2. The van der Waals surface area contributed by atoms with Crippen LogP contribution in [0.2, 0.25) is 0 Å². The van der Waals surface area contributed by atoms with E-state index in [1.807, 2.05) is 0 Å². The first-order valence-corrected chi connectivity index (χ1v) is 9.95. The fraction of sp³-hybridized carbons (Fsp3) is 0.200. The van der Waals surface area contributed by atoms with Gasteiger partial charge in [-0.2, -0.15) is 0 Å². The fourth-order valence-corrected chi connectivity index (χ4v) is 3.85. The highest BCUT2D eigenvalue weighted by Gasteiger charge is 2.23. The van der Waals surface area contributed by atoms with Gasteiger partial charge in [-0.15, -0.1) is 11.3 Å². The molecule has 0 radical (unpaired) electrons. The molecular weight excluding hydrogens is 414 g/mol. The van der Waals surface area contributed by atoms with Gasteiger partial charge in [-0.05, 0) is 18.2 Å². The summed E-state index contributed by atoms with van der Waals surface area (Å²) in [6.45, 7) is 1.82. The molecule has 1 fully saturated rings. The van der Waals surface area contributed by atoms with Gasteiger partial charge in [0.2, 0.25) is 0 Å². The molecule has 30 heavy (non-hydrogen) atoms. The molecule has 1 N–H and O–H groups in total. The molecule has 3 aromatic rings. The monoisotopic (exact) mass is 430 g/mol. The number of anilines is 1. The van der Waals surface area contributed by atoms with E-state index in [1.165, 1.54) is 29.9 Å². The molecule has 3 heterocycles. The van der Waals surface area contributed by atoms with Gasteiger partial charge in [0.15, 0.2) is 0 Å². The van der Waals surface area contributed by atoms with Crippen LogP contribution in [0.4, 0.5) is 14.5 Å². The van der Waals surface area contributed by atoms with E-state index in [1.54, 1.807) is 4.90 Å². The maximum Gasteiger partial charge on any atom is 0.275 e. The minimum absolute atomic E-state index is 0.0220. The van der Waals surface area contributed by atoms with Crippen LogP contribution < -0.4 is 5.32 Å². The Bertz CT molecular complexity index is 1080. The second-order valence-electron chi connectivity index (χ2n) is 6.41. The Morgan fingerprint density at radius 3 is 2.60 bits per heavy atom. The van der Waals surface area contributed by atoms with Crippen molar-refractivity contribution in [2.45, 2.75) is 0 Å². The molecule has 0 unspecified atom stereocenters. The van der Waals surface area contributed by atoms with E-state index < -0.39 is 17.5 Å². The van der Waals surface area contributed by atoms with Crippen molar-refractivity contribution in [3.05, 3.63) is 64.9 Å². The molecule has 2 aromatic heterocycles. The van der Waals surface area contributed by atoms with Gasteiger partial charge < -0.3 is 15.0 Å². The van der Waals surface area contributed by atoms with Gasteiger partial charge in [0, 0.05) is 24.7 Å². The SMILES string of the molecule is O=C(Nc1cnccc1C(=O)N1CCOCC1)c1csc(-c2c(F)cccc2F)n1. The molecule has 2 amide bonds. The summed E-state index contributed by atoms with van der Waals surface area (Å²) in [5, 5.41) is 4.06. The Hall–Kier alpha value is -3.24. The van der Waals surface area contributed by atoms with E-state index in [-0.39, 0.29) is 33.4 Å². The first-order valence-electron chi connectivity index (χ1n) is 9.07. The lowest BCUT2D eigenvalue weighted by molar-refractivity contribution is 0.0303. The maximum absolute atomic E-state index is 14.0. The summed E-state index contributed by atoms with van der Waals surface area (Å²) in [4.78, 5) is 35.1. The Morgan fingerprint density at radius 1 is 1.13 bits per heavy atom. The van der Waals surface area contributed by atoms with E-state index in [0.29, 0.717) is 26.3 Å². The van der Waals surface area contributed by atoms with Gasteiger partial charge in [-0.3, -0.25) is 14.6 Å². The lowest BCUT2D eigenvalue weighted by Gasteiger charge is -2.27. The van der Waals surface area contributed by atoms with Crippen LogP contribution in [0.5, 0.6) is 0 Å². The quantitative estimate of drug-likeness (QED) is 0.687. The highest BCUT2D eigenvalue weighted by atomic mass is 32.1. The zero-order valence-electron chi connectivity index (χ0n) is 15.6. The van der Waals surface area contributed by atoms with Crippen molar-refractivity contribution < 1.29 is 23.1 Å². The Kier molecular flexibility index (Phi) is 5.77. The Labute approximate surface area is 174 Å². The largest absolute Gasteiger partial charge is 0.378 e. The summed E-state index contributed by atoms with van der Waals surface area (Å²) in [7, 11) is 0. The molecule has 0 aliphatic carbocycles. The molecule has 1 aromatic carbocycles. The summed E-state index contributed by atoms with van der Waals surface area (Å²) < 4.78 is 33.2. The lowest BCUT2D eigenvalue weighted by atomic mass is 10.2.